The van der Waals surface area contributed by atoms with Gasteiger partial charge in [-0.05, 0) is 37.6 Å². The maximum atomic E-state index is 13.2. The van der Waals surface area contributed by atoms with Gasteiger partial charge in [-0.3, -0.25) is 9.69 Å². The van der Waals surface area contributed by atoms with Crippen LogP contribution < -0.4 is 10.1 Å². The summed E-state index contributed by atoms with van der Waals surface area (Å²) < 4.78 is 39.3. The lowest BCUT2D eigenvalue weighted by molar-refractivity contribution is -0.122. The number of morpholine rings is 1. The molecular weight excluding hydrogens is 454 g/mol. The van der Waals surface area contributed by atoms with Gasteiger partial charge >= 0.3 is 0 Å². The van der Waals surface area contributed by atoms with E-state index in [-0.39, 0.29) is 35.3 Å². The van der Waals surface area contributed by atoms with E-state index in [0.29, 0.717) is 38.5 Å². The molecule has 0 radical (unpaired) electrons. The summed E-state index contributed by atoms with van der Waals surface area (Å²) in [6.45, 7) is 9.84. The third-order valence-electron chi connectivity index (χ3n) is 5.73. The van der Waals surface area contributed by atoms with Crippen LogP contribution in [0, 0.1) is 0 Å². The molecule has 1 fully saturated rings. The van der Waals surface area contributed by atoms with Gasteiger partial charge in [-0.1, -0.05) is 44.2 Å². The van der Waals surface area contributed by atoms with Crippen LogP contribution in [0.3, 0.4) is 0 Å². The van der Waals surface area contributed by atoms with Crippen LogP contribution >= 0.6 is 0 Å². The van der Waals surface area contributed by atoms with E-state index in [0.717, 1.165) is 5.56 Å². The molecule has 1 saturated heterocycles. The van der Waals surface area contributed by atoms with E-state index in [1.165, 1.54) is 10.4 Å². The number of hydrogen-bond acceptors (Lipinski definition) is 6. The highest BCUT2D eigenvalue weighted by atomic mass is 32.2. The zero-order valence-corrected chi connectivity index (χ0v) is 21.2. The highest BCUT2D eigenvalue weighted by Gasteiger charge is 2.29. The van der Waals surface area contributed by atoms with E-state index in [4.69, 9.17) is 9.47 Å². The fraction of sp³-hybridized carbons (Fsp3) is 0.480. The highest BCUT2D eigenvalue weighted by molar-refractivity contribution is 7.89. The van der Waals surface area contributed by atoms with E-state index in [2.05, 4.69) is 10.2 Å². The number of benzene rings is 2. The van der Waals surface area contributed by atoms with Crippen molar-refractivity contribution in [3.8, 4) is 5.75 Å². The minimum Gasteiger partial charge on any atom is -0.492 e. The molecule has 0 aliphatic carbocycles. The van der Waals surface area contributed by atoms with Gasteiger partial charge in [0.15, 0.2) is 0 Å². The monoisotopic (exact) mass is 489 g/mol. The second-order valence-electron chi connectivity index (χ2n) is 8.27. The number of anilines is 1. The molecule has 3 rings (SSSR count). The fourth-order valence-electron chi connectivity index (χ4n) is 4.19. The van der Waals surface area contributed by atoms with Crippen LogP contribution in [-0.2, 0) is 19.6 Å². The Labute approximate surface area is 202 Å². The Kier molecular flexibility index (Phi) is 9.07. The predicted molar refractivity (Wildman–Crippen MR) is 133 cm³/mol. The first-order valence-corrected chi connectivity index (χ1v) is 13.2. The molecule has 1 N–H and O–H groups in total. The van der Waals surface area contributed by atoms with E-state index < -0.39 is 10.0 Å². The standard InChI is InChI=1S/C25H35N3O5S/c1-5-28(6-2)34(30,31)24-15-21(13-14-22(24)32-7-3)26-25(29)18-27-16-19(4)33-23(17-27)20-11-9-8-10-12-20/h8-15,19,23H,5-7,16-18H2,1-4H3,(H,26,29). The molecule has 2 atom stereocenters. The Morgan fingerprint density at radius 1 is 1.12 bits per heavy atom. The number of sulfonamides is 1. The van der Waals surface area contributed by atoms with E-state index in [9.17, 15) is 13.2 Å². The molecule has 8 nitrogen and oxygen atoms in total. The van der Waals surface area contributed by atoms with E-state index in [1.807, 2.05) is 37.3 Å². The molecule has 0 bridgehead atoms. The van der Waals surface area contributed by atoms with Crippen molar-refractivity contribution in [2.24, 2.45) is 0 Å². The Hall–Kier alpha value is -2.46. The Balaban J connectivity index is 1.74. The van der Waals surface area contributed by atoms with Crippen molar-refractivity contribution in [2.75, 3.05) is 44.6 Å². The van der Waals surface area contributed by atoms with Crippen LogP contribution in [0.1, 0.15) is 39.4 Å². The van der Waals surface area contributed by atoms with E-state index >= 15 is 0 Å². The van der Waals surface area contributed by atoms with Gasteiger partial charge in [-0.25, -0.2) is 8.42 Å². The summed E-state index contributed by atoms with van der Waals surface area (Å²) in [6, 6.07) is 14.7. The molecule has 9 heteroatoms. The molecule has 0 saturated carbocycles. The van der Waals surface area contributed by atoms with Crippen LogP contribution in [-0.4, -0.2) is 69.0 Å². The molecule has 34 heavy (non-hydrogen) atoms. The van der Waals surface area contributed by atoms with Crippen LogP contribution in [0.15, 0.2) is 53.4 Å². The van der Waals surface area contributed by atoms with Crippen molar-refractivity contribution < 1.29 is 22.7 Å². The Morgan fingerprint density at radius 3 is 2.47 bits per heavy atom. The quantitative estimate of drug-likeness (QED) is 0.550. The van der Waals surface area contributed by atoms with Gasteiger partial charge in [0, 0.05) is 31.9 Å². The molecule has 0 spiro atoms. The molecule has 186 valence electrons. The number of hydrogen-bond donors (Lipinski definition) is 1. The average molecular weight is 490 g/mol. The molecule has 1 heterocycles. The number of carbonyl (C=O) groups is 1. The number of carbonyl (C=O) groups excluding carboxylic acids is 1. The third-order valence-corrected chi connectivity index (χ3v) is 7.80. The lowest BCUT2D eigenvalue weighted by Crippen LogP contribution is -2.46. The van der Waals surface area contributed by atoms with Gasteiger partial charge in [-0.15, -0.1) is 0 Å². The van der Waals surface area contributed by atoms with Crippen LogP contribution in [0.4, 0.5) is 5.69 Å². The summed E-state index contributed by atoms with van der Waals surface area (Å²) in [4.78, 5) is 15.0. The normalized spacial score (nSPS) is 19.2. The van der Waals surface area contributed by atoms with Crippen molar-refractivity contribution in [1.29, 1.82) is 0 Å². The van der Waals surface area contributed by atoms with Crippen LogP contribution in [0.25, 0.3) is 0 Å². The minimum absolute atomic E-state index is 0.0111. The first kappa shape index (κ1) is 26.2. The SMILES string of the molecule is CCOc1ccc(NC(=O)CN2CC(C)OC(c3ccccc3)C2)cc1S(=O)(=O)N(CC)CC. The molecule has 2 unspecified atom stereocenters. The zero-order chi connectivity index (χ0) is 24.7. The fourth-order valence-corrected chi connectivity index (χ4v) is 5.80. The van der Waals surface area contributed by atoms with Crippen LogP contribution in [0.2, 0.25) is 0 Å². The largest absolute Gasteiger partial charge is 0.492 e. The average Bonchev–Trinajstić information content (AvgIpc) is 2.81. The maximum Gasteiger partial charge on any atom is 0.246 e. The smallest absolute Gasteiger partial charge is 0.246 e. The number of amides is 1. The Bertz CT molecular complexity index is 1060. The van der Waals surface area contributed by atoms with Crippen molar-refractivity contribution in [3.05, 3.63) is 54.1 Å². The summed E-state index contributed by atoms with van der Waals surface area (Å²) in [5.41, 5.74) is 1.50. The summed E-state index contributed by atoms with van der Waals surface area (Å²) in [7, 11) is -3.75. The highest BCUT2D eigenvalue weighted by Crippen LogP contribution is 2.30. The van der Waals surface area contributed by atoms with E-state index in [1.54, 1.807) is 32.9 Å². The molecule has 1 aliphatic rings. The second kappa shape index (κ2) is 11.8. The van der Waals surface area contributed by atoms with Crippen molar-refractivity contribution in [3.63, 3.8) is 0 Å². The first-order valence-electron chi connectivity index (χ1n) is 11.8. The summed E-state index contributed by atoms with van der Waals surface area (Å²) in [5.74, 6) is 0.0661. The van der Waals surface area contributed by atoms with Crippen molar-refractivity contribution in [2.45, 2.75) is 44.8 Å². The van der Waals surface area contributed by atoms with Gasteiger partial charge in [0.2, 0.25) is 15.9 Å². The van der Waals surface area contributed by atoms with Gasteiger partial charge in [0.1, 0.15) is 10.6 Å². The third kappa shape index (κ3) is 6.35. The minimum atomic E-state index is -3.75. The molecule has 1 amide bonds. The first-order chi connectivity index (χ1) is 16.3. The number of ether oxygens (including phenoxy) is 2. The lowest BCUT2D eigenvalue weighted by Gasteiger charge is -2.36. The number of rotatable bonds is 10. The zero-order valence-electron chi connectivity index (χ0n) is 20.4. The molecule has 0 aromatic heterocycles. The van der Waals surface area contributed by atoms with Crippen molar-refractivity contribution >= 4 is 21.6 Å². The number of nitrogens with one attached hydrogen (secondary N) is 1. The summed E-state index contributed by atoms with van der Waals surface area (Å²) in [6.07, 6.45) is -0.114. The van der Waals surface area contributed by atoms with Gasteiger partial charge in [0.05, 0.1) is 25.4 Å². The topological polar surface area (TPSA) is 88.2 Å². The van der Waals surface area contributed by atoms with Gasteiger partial charge < -0.3 is 14.8 Å². The number of nitrogens with zero attached hydrogens (tertiary/aromatic N) is 2. The molecular formula is C25H35N3O5S. The second-order valence-corrected chi connectivity index (χ2v) is 10.2. The summed E-state index contributed by atoms with van der Waals surface area (Å²) >= 11 is 0. The molecule has 1 aliphatic heterocycles. The van der Waals surface area contributed by atoms with Gasteiger partial charge in [0.25, 0.3) is 0 Å². The molecule has 2 aromatic rings. The van der Waals surface area contributed by atoms with Crippen LogP contribution in [0.5, 0.6) is 5.75 Å². The maximum absolute atomic E-state index is 13.2. The molecule has 2 aromatic carbocycles. The summed E-state index contributed by atoms with van der Waals surface area (Å²) in [5, 5.41) is 2.86. The lowest BCUT2D eigenvalue weighted by atomic mass is 10.1. The Morgan fingerprint density at radius 2 is 1.82 bits per heavy atom. The van der Waals surface area contributed by atoms with Crippen molar-refractivity contribution in [1.82, 2.24) is 9.21 Å². The predicted octanol–water partition coefficient (Wildman–Crippen LogP) is 3.52. The van der Waals surface area contributed by atoms with Gasteiger partial charge in [-0.2, -0.15) is 4.31 Å².